The standard InChI is InChI=1S/C11H21NO2.C10H24N2.C10H21N.C8H17NO2.C8H19NO.C7H15NO.C6H13NO2.C6H15N/c1-8(13)10(3,4)12(7)11(5,6)9(2)14;1-9(2,11(5)6)10(3,4)12(7)8;1-8(2)9(3)10(4,5)11(6)7;1-7(2,11)8(3,6-10)9(4)5;1-7(2,9(5)6)8(3,4)10;1-6(9)7(2,3)8(4)5;1-6(2,5(8)9)7(3)4;1-6(2,3)7(4)5/h1-7H3;1-8H3;1-7H3;6,11H,1-5H3;10H,1-6H3;1-5H3;1-4H3,(H,8,9);1-5H3. The van der Waals surface area contributed by atoms with Gasteiger partial charge in [0.15, 0.2) is 0 Å². The summed E-state index contributed by atoms with van der Waals surface area (Å²) in [4.78, 5) is 72.9. The second kappa shape index (κ2) is 36.7. The first kappa shape index (κ1) is 96.7. The van der Waals surface area contributed by atoms with Crippen LogP contribution in [0.15, 0.2) is 11.1 Å². The molecule has 0 aromatic carbocycles. The van der Waals surface area contributed by atoms with Crippen LogP contribution in [0.4, 0.5) is 0 Å². The number of nitrogens with zero attached hydrogens (tertiary/aromatic N) is 9. The molecule has 0 rings (SSSR count). The van der Waals surface area contributed by atoms with Gasteiger partial charge in [-0.25, -0.2) is 0 Å². The van der Waals surface area contributed by atoms with E-state index in [0.717, 1.165) is 6.29 Å². The van der Waals surface area contributed by atoms with Crippen molar-refractivity contribution in [1.29, 1.82) is 0 Å². The SMILES string of the molecule is CC(=O)C(C)(C)N(C)C.CC(=O)C(C)(C)N(C)C(C)(C)C(C)=O.CC(C)=C(C)C(C)(C)N(C)C.CN(C)C(C)(C)C.CN(C)C(C)(C)C(=O)O.CN(C)C(C)(C)C(C)(C)N(C)C.CN(C)C(C)(C)C(C)(C)O.CN(C)C(C)(C=O)C(C)(C)O. The number of aliphatic hydroxyl groups is 2. The smallest absolute Gasteiger partial charge is 0.323 e. The lowest BCUT2D eigenvalue weighted by Gasteiger charge is -2.50. The molecule has 0 aromatic heterocycles. The van der Waals surface area contributed by atoms with Crippen LogP contribution in [0, 0.1) is 0 Å². The van der Waals surface area contributed by atoms with Crippen molar-refractivity contribution >= 4 is 29.6 Å². The summed E-state index contributed by atoms with van der Waals surface area (Å²) in [5.41, 5.74) is -1.16. The summed E-state index contributed by atoms with van der Waals surface area (Å²) in [5.74, 6) is -0.469. The van der Waals surface area contributed by atoms with Crippen molar-refractivity contribution in [2.45, 2.75) is 274 Å². The first-order valence-electron chi connectivity index (χ1n) is 29.1. The maximum absolute atomic E-state index is 11.4. The Morgan fingerprint density at radius 1 is 0.313 bits per heavy atom. The van der Waals surface area contributed by atoms with Gasteiger partial charge in [-0.3, -0.25) is 38.8 Å². The molecule has 0 aliphatic carbocycles. The Bertz CT molecular complexity index is 1840. The first-order valence-corrected chi connectivity index (χ1v) is 29.1. The highest BCUT2D eigenvalue weighted by atomic mass is 16.4. The highest BCUT2D eigenvalue weighted by Gasteiger charge is 2.43. The topological polar surface area (TPSA) is 175 Å². The molecule has 0 amide bonds. The van der Waals surface area contributed by atoms with Crippen LogP contribution >= 0.6 is 0 Å². The van der Waals surface area contributed by atoms with Crippen LogP contribution in [0.5, 0.6) is 0 Å². The van der Waals surface area contributed by atoms with Crippen molar-refractivity contribution in [1.82, 2.24) is 44.1 Å². The van der Waals surface area contributed by atoms with Crippen LogP contribution in [0.3, 0.4) is 0 Å². The second-order valence-electron chi connectivity index (χ2n) is 30.3. The van der Waals surface area contributed by atoms with Crippen molar-refractivity contribution in [3.63, 3.8) is 0 Å². The third-order valence-electron chi connectivity index (χ3n) is 19.9. The van der Waals surface area contributed by atoms with E-state index in [9.17, 15) is 34.2 Å². The molecule has 0 fully saturated rings. The fourth-order valence-electron chi connectivity index (χ4n) is 5.06. The summed E-state index contributed by atoms with van der Waals surface area (Å²) in [6.45, 7) is 58.5. The number of hydrogen-bond donors (Lipinski definition) is 3. The number of carbonyl (C=O) groups is 5. The number of likely N-dealkylation sites (N-methyl/N-ethyl adjacent to an activating group) is 8. The normalized spacial score (nSPS) is 13.8. The molecule has 0 radical (unpaired) electrons. The van der Waals surface area contributed by atoms with Gasteiger partial charge < -0.3 is 44.6 Å². The minimum absolute atomic E-state index is 0.0642. The van der Waals surface area contributed by atoms with Crippen molar-refractivity contribution < 1.29 is 39.3 Å². The second-order valence-corrected chi connectivity index (χ2v) is 30.3. The monoisotopic (exact) mass is 1190 g/mol. The molecular formula is C66H145N9O8. The van der Waals surface area contributed by atoms with Crippen LogP contribution in [-0.4, -0.2) is 275 Å². The molecule has 1 atom stereocenters. The van der Waals surface area contributed by atoms with Gasteiger partial charge in [0.25, 0.3) is 0 Å². The summed E-state index contributed by atoms with van der Waals surface area (Å²) < 4.78 is 0. The number of Topliss-reactive ketones (excluding diaryl/α,β-unsaturated/α-hetero) is 3. The number of aldehydes is 1. The van der Waals surface area contributed by atoms with Gasteiger partial charge in [-0.1, -0.05) is 11.1 Å². The summed E-state index contributed by atoms with van der Waals surface area (Å²) in [7, 11) is 33.5. The Labute approximate surface area is 516 Å². The summed E-state index contributed by atoms with van der Waals surface area (Å²) in [6, 6.07) is 0. The minimum atomic E-state index is -1.02. The molecule has 83 heavy (non-hydrogen) atoms. The van der Waals surface area contributed by atoms with Crippen molar-refractivity contribution in [2.24, 2.45) is 0 Å². The number of hydrogen-bond acceptors (Lipinski definition) is 16. The molecule has 0 aliphatic heterocycles. The average molecular weight is 1190 g/mol. The van der Waals surface area contributed by atoms with E-state index in [2.05, 4.69) is 159 Å². The maximum Gasteiger partial charge on any atom is 0.323 e. The van der Waals surface area contributed by atoms with E-state index in [-0.39, 0.29) is 45.0 Å². The first-order chi connectivity index (χ1) is 35.6. The quantitative estimate of drug-likeness (QED) is 0.0873. The zero-order valence-corrected chi connectivity index (χ0v) is 64.0. The third-order valence-corrected chi connectivity index (χ3v) is 19.9. The number of carboxylic acids is 1. The zero-order valence-electron chi connectivity index (χ0n) is 64.0. The van der Waals surface area contributed by atoms with Gasteiger partial charge in [0.2, 0.25) is 0 Å². The molecule has 1 unspecified atom stereocenters. The van der Waals surface area contributed by atoms with Crippen LogP contribution in [-0.2, 0) is 24.0 Å². The molecule has 17 nitrogen and oxygen atoms in total. The maximum atomic E-state index is 11.4. The molecule has 0 heterocycles. The average Bonchev–Trinajstić information content (AvgIpc) is 3.27. The van der Waals surface area contributed by atoms with E-state index < -0.39 is 39.3 Å². The van der Waals surface area contributed by atoms with Crippen LogP contribution in [0.2, 0.25) is 0 Å². The molecule has 0 saturated heterocycles. The van der Waals surface area contributed by atoms with Gasteiger partial charge in [0.05, 0.1) is 27.8 Å². The van der Waals surface area contributed by atoms with E-state index in [1.54, 1.807) is 93.4 Å². The molecule has 3 N–H and O–H groups in total. The summed E-state index contributed by atoms with van der Waals surface area (Å²) in [6.07, 6.45) is 0.771. The van der Waals surface area contributed by atoms with E-state index in [1.165, 1.54) is 11.1 Å². The van der Waals surface area contributed by atoms with Crippen molar-refractivity contribution in [2.75, 3.05) is 120 Å². The Balaban J connectivity index is -0.000000130. The van der Waals surface area contributed by atoms with Crippen molar-refractivity contribution in [3.8, 4) is 0 Å². The van der Waals surface area contributed by atoms with Crippen LogP contribution < -0.4 is 0 Å². The number of carboxylic acid groups (broad SMARTS) is 1. The predicted octanol–water partition coefficient (Wildman–Crippen LogP) is 10.1. The minimum Gasteiger partial charge on any atom is -0.480 e. The zero-order chi connectivity index (χ0) is 70.4. The largest absolute Gasteiger partial charge is 0.480 e. The molecule has 0 bridgehead atoms. The third kappa shape index (κ3) is 32.3. The van der Waals surface area contributed by atoms with Gasteiger partial charge >= 0.3 is 5.97 Å². The molecular weight excluding hydrogens is 1050 g/mol. The molecule has 0 aromatic rings. The Morgan fingerprint density at radius 2 is 0.542 bits per heavy atom. The fraction of sp³-hybridized carbons (Fsp3) is 0.894. The van der Waals surface area contributed by atoms with Gasteiger partial charge in [-0.2, -0.15) is 0 Å². The Hall–Kier alpha value is -2.55. The van der Waals surface area contributed by atoms with Crippen LogP contribution in [0.25, 0.3) is 0 Å². The Morgan fingerprint density at radius 3 is 0.590 bits per heavy atom. The molecule has 17 heteroatoms. The van der Waals surface area contributed by atoms with Gasteiger partial charge in [0, 0.05) is 27.7 Å². The molecule has 0 aliphatic rings. The number of ketones is 3. The number of allylic oxidation sites excluding steroid dienone is 1. The van der Waals surface area contributed by atoms with E-state index >= 15 is 0 Å². The van der Waals surface area contributed by atoms with Gasteiger partial charge in [-0.05, 0) is 328 Å². The predicted molar refractivity (Wildman–Crippen MR) is 360 cm³/mol. The summed E-state index contributed by atoms with van der Waals surface area (Å²) >= 11 is 0. The lowest BCUT2D eigenvalue weighted by molar-refractivity contribution is -0.147. The molecule has 502 valence electrons. The van der Waals surface area contributed by atoms with Crippen molar-refractivity contribution in [3.05, 3.63) is 11.1 Å². The van der Waals surface area contributed by atoms with E-state index in [1.807, 2.05) is 119 Å². The highest BCUT2D eigenvalue weighted by Crippen LogP contribution is 2.30. The highest BCUT2D eigenvalue weighted by molar-refractivity contribution is 5.89. The van der Waals surface area contributed by atoms with Gasteiger partial charge in [0.1, 0.15) is 34.7 Å². The lowest BCUT2D eigenvalue weighted by atomic mass is 9.80. The number of carbonyl (C=O) groups excluding carboxylic acids is 4. The molecule has 0 spiro atoms. The number of aliphatic carboxylic acids is 1. The van der Waals surface area contributed by atoms with E-state index in [0.29, 0.717) is 5.54 Å². The Kier molecular flexibility index (Phi) is 42.8. The van der Waals surface area contributed by atoms with Gasteiger partial charge in [-0.15, -0.1) is 0 Å². The van der Waals surface area contributed by atoms with E-state index in [4.69, 9.17) is 5.11 Å². The summed E-state index contributed by atoms with van der Waals surface area (Å²) in [5, 5.41) is 27.9. The lowest BCUT2D eigenvalue weighted by Crippen LogP contribution is -2.61. The fourth-order valence-corrected chi connectivity index (χ4v) is 5.06. The number of rotatable bonds is 18. The molecule has 0 saturated carbocycles. The van der Waals surface area contributed by atoms with Crippen LogP contribution in [0.1, 0.15) is 208 Å².